The molecule has 4 heteroatoms. The Labute approximate surface area is 109 Å². The summed E-state index contributed by atoms with van der Waals surface area (Å²) in [6.45, 7) is 3.83. The molecule has 0 saturated heterocycles. The Bertz CT molecular complexity index is 713. The molecular formula is C14H11ClN2O. The van der Waals surface area contributed by atoms with Crippen LogP contribution in [0.1, 0.15) is 11.4 Å². The van der Waals surface area contributed by atoms with Crippen LogP contribution in [0.25, 0.3) is 22.4 Å². The molecule has 3 nitrogen and oxygen atoms in total. The zero-order valence-corrected chi connectivity index (χ0v) is 10.8. The molecule has 3 rings (SSSR count). The van der Waals surface area contributed by atoms with Crippen LogP contribution in [0.4, 0.5) is 0 Å². The Balaban J connectivity index is 2.22. The van der Waals surface area contributed by atoms with Gasteiger partial charge in [-0.1, -0.05) is 29.8 Å². The van der Waals surface area contributed by atoms with E-state index in [-0.39, 0.29) is 0 Å². The van der Waals surface area contributed by atoms with Gasteiger partial charge in [0, 0.05) is 11.5 Å². The molecule has 2 aromatic heterocycles. The number of hydrogen-bond acceptors (Lipinski definition) is 3. The number of rotatable bonds is 1. The van der Waals surface area contributed by atoms with Crippen LogP contribution in [0.5, 0.6) is 0 Å². The number of aryl methyl sites for hydroxylation is 2. The summed E-state index contributed by atoms with van der Waals surface area (Å²) in [6.07, 6.45) is 0. The minimum absolute atomic E-state index is 0.426. The van der Waals surface area contributed by atoms with Crippen LogP contribution in [0, 0.1) is 13.8 Å². The van der Waals surface area contributed by atoms with Crippen LogP contribution < -0.4 is 0 Å². The summed E-state index contributed by atoms with van der Waals surface area (Å²) in [5, 5.41) is 1.49. The molecule has 0 fully saturated rings. The highest BCUT2D eigenvalue weighted by Crippen LogP contribution is 2.29. The first kappa shape index (κ1) is 11.2. The maximum absolute atomic E-state index is 5.94. The number of nitrogens with zero attached hydrogens (tertiary/aromatic N) is 2. The maximum atomic E-state index is 5.94. The summed E-state index contributed by atoms with van der Waals surface area (Å²) < 4.78 is 5.85. The first-order valence-electron chi connectivity index (χ1n) is 5.64. The highest BCUT2D eigenvalue weighted by atomic mass is 35.5. The van der Waals surface area contributed by atoms with Crippen LogP contribution >= 0.6 is 11.6 Å². The van der Waals surface area contributed by atoms with Gasteiger partial charge in [-0.2, -0.15) is 0 Å². The van der Waals surface area contributed by atoms with Crippen molar-refractivity contribution >= 4 is 22.6 Å². The van der Waals surface area contributed by atoms with E-state index in [4.69, 9.17) is 16.0 Å². The largest absolute Gasteiger partial charge is 0.454 e. The van der Waals surface area contributed by atoms with Crippen LogP contribution in [-0.2, 0) is 0 Å². The molecule has 90 valence electrons. The second kappa shape index (κ2) is 4.10. The van der Waals surface area contributed by atoms with E-state index < -0.39 is 0 Å². The number of furan rings is 1. The minimum atomic E-state index is 0.426. The lowest BCUT2D eigenvalue weighted by molar-refractivity contribution is 0.625. The maximum Gasteiger partial charge on any atom is 0.153 e. The third-order valence-electron chi connectivity index (χ3n) is 2.80. The number of hydrogen-bond donors (Lipinski definition) is 0. The van der Waals surface area contributed by atoms with E-state index in [1.165, 1.54) is 0 Å². The summed E-state index contributed by atoms with van der Waals surface area (Å²) >= 11 is 5.94. The highest BCUT2D eigenvalue weighted by molar-refractivity contribution is 6.29. The first-order chi connectivity index (χ1) is 8.63. The average Bonchev–Trinajstić information content (AvgIpc) is 2.73. The average molecular weight is 259 g/mol. The highest BCUT2D eigenvalue weighted by Gasteiger charge is 2.10. The summed E-state index contributed by atoms with van der Waals surface area (Å²) in [7, 11) is 0. The van der Waals surface area contributed by atoms with Gasteiger partial charge in [0.25, 0.3) is 0 Å². The molecule has 2 heterocycles. The molecule has 3 aromatic rings. The summed E-state index contributed by atoms with van der Waals surface area (Å²) in [5.41, 5.74) is 2.71. The third-order valence-corrected chi connectivity index (χ3v) is 2.99. The topological polar surface area (TPSA) is 38.9 Å². The summed E-state index contributed by atoms with van der Waals surface area (Å²) in [6, 6.07) is 9.73. The van der Waals surface area contributed by atoms with E-state index in [1.54, 1.807) is 6.07 Å². The van der Waals surface area contributed by atoms with Gasteiger partial charge in [-0.15, -0.1) is 0 Å². The predicted molar refractivity (Wildman–Crippen MR) is 71.7 cm³/mol. The number of benzene rings is 1. The van der Waals surface area contributed by atoms with Crippen molar-refractivity contribution in [3.63, 3.8) is 0 Å². The van der Waals surface area contributed by atoms with E-state index in [1.807, 2.05) is 38.1 Å². The van der Waals surface area contributed by atoms with Gasteiger partial charge in [0.1, 0.15) is 22.3 Å². The molecule has 0 spiro atoms. The molecule has 18 heavy (non-hydrogen) atoms. The molecule has 0 radical (unpaired) electrons. The molecule has 0 atom stereocenters. The number of para-hydroxylation sites is 1. The molecule has 0 amide bonds. The third kappa shape index (κ3) is 1.87. The monoisotopic (exact) mass is 258 g/mol. The molecule has 0 aliphatic carbocycles. The van der Waals surface area contributed by atoms with Crippen molar-refractivity contribution in [1.82, 2.24) is 9.97 Å². The molecule has 0 aliphatic heterocycles. The molecule has 0 saturated carbocycles. The molecule has 0 bridgehead atoms. The SMILES string of the molecule is Cc1nc(Cl)cc(-c2cc3cccc(C)c3o2)n1. The first-order valence-corrected chi connectivity index (χ1v) is 6.02. The lowest BCUT2D eigenvalue weighted by Gasteiger charge is -1.98. The van der Waals surface area contributed by atoms with E-state index in [0.717, 1.165) is 16.5 Å². The Morgan fingerprint density at radius 1 is 1.11 bits per heavy atom. The lowest BCUT2D eigenvalue weighted by atomic mass is 10.2. The fourth-order valence-electron chi connectivity index (χ4n) is 1.99. The van der Waals surface area contributed by atoms with E-state index >= 15 is 0 Å². The fraction of sp³-hybridized carbons (Fsp3) is 0.143. The smallest absolute Gasteiger partial charge is 0.153 e. The number of fused-ring (bicyclic) bond motifs is 1. The van der Waals surface area contributed by atoms with Crippen LogP contribution in [0.15, 0.2) is 34.7 Å². The van der Waals surface area contributed by atoms with E-state index in [0.29, 0.717) is 22.4 Å². The Morgan fingerprint density at radius 3 is 2.67 bits per heavy atom. The second-order valence-electron chi connectivity index (χ2n) is 4.23. The Kier molecular flexibility index (Phi) is 2.56. The van der Waals surface area contributed by atoms with Crippen molar-refractivity contribution in [1.29, 1.82) is 0 Å². The van der Waals surface area contributed by atoms with E-state index in [2.05, 4.69) is 9.97 Å². The van der Waals surface area contributed by atoms with Crippen molar-refractivity contribution in [3.05, 3.63) is 46.9 Å². The van der Waals surface area contributed by atoms with Gasteiger partial charge >= 0.3 is 0 Å². The van der Waals surface area contributed by atoms with Gasteiger partial charge in [0.2, 0.25) is 0 Å². The van der Waals surface area contributed by atoms with Gasteiger partial charge < -0.3 is 4.42 Å². The number of aromatic nitrogens is 2. The van der Waals surface area contributed by atoms with Crippen LogP contribution in [-0.4, -0.2) is 9.97 Å². The van der Waals surface area contributed by atoms with E-state index in [9.17, 15) is 0 Å². The quantitative estimate of drug-likeness (QED) is 0.615. The molecule has 0 aliphatic rings. The summed E-state index contributed by atoms with van der Waals surface area (Å²) in [4.78, 5) is 8.38. The second-order valence-corrected chi connectivity index (χ2v) is 4.61. The summed E-state index contributed by atoms with van der Waals surface area (Å²) in [5.74, 6) is 1.35. The Hall–Kier alpha value is -1.87. The van der Waals surface area contributed by atoms with Crippen molar-refractivity contribution in [3.8, 4) is 11.5 Å². The molecule has 0 N–H and O–H groups in total. The van der Waals surface area contributed by atoms with Crippen molar-refractivity contribution in [2.45, 2.75) is 13.8 Å². The van der Waals surface area contributed by atoms with Gasteiger partial charge in [-0.25, -0.2) is 9.97 Å². The predicted octanol–water partition coefficient (Wildman–Crippen LogP) is 4.16. The zero-order chi connectivity index (χ0) is 12.7. The fourth-order valence-corrected chi connectivity index (χ4v) is 2.22. The zero-order valence-electron chi connectivity index (χ0n) is 10.1. The standard InChI is InChI=1S/C14H11ClN2O/c1-8-4-3-5-10-6-12(18-14(8)10)11-7-13(15)17-9(2)16-11/h3-7H,1-2H3. The van der Waals surface area contributed by atoms with Gasteiger partial charge in [0.15, 0.2) is 5.76 Å². The molecule has 0 unspecified atom stereocenters. The van der Waals surface area contributed by atoms with Crippen molar-refractivity contribution < 1.29 is 4.42 Å². The van der Waals surface area contributed by atoms with Crippen molar-refractivity contribution in [2.24, 2.45) is 0 Å². The minimum Gasteiger partial charge on any atom is -0.454 e. The lowest BCUT2D eigenvalue weighted by Crippen LogP contribution is -1.90. The number of halogens is 1. The van der Waals surface area contributed by atoms with Gasteiger partial charge in [-0.3, -0.25) is 0 Å². The molecule has 1 aromatic carbocycles. The van der Waals surface area contributed by atoms with Crippen molar-refractivity contribution in [2.75, 3.05) is 0 Å². The van der Waals surface area contributed by atoms with Crippen LogP contribution in [0.3, 0.4) is 0 Å². The normalized spacial score (nSPS) is 11.1. The van der Waals surface area contributed by atoms with Crippen LogP contribution in [0.2, 0.25) is 5.15 Å². The van der Waals surface area contributed by atoms with Gasteiger partial charge in [0.05, 0.1) is 0 Å². The Morgan fingerprint density at radius 2 is 1.94 bits per heavy atom. The molecular weight excluding hydrogens is 248 g/mol. The van der Waals surface area contributed by atoms with Gasteiger partial charge in [-0.05, 0) is 25.5 Å².